The second-order valence-corrected chi connectivity index (χ2v) is 1.52. The van der Waals surface area contributed by atoms with Gasteiger partial charge in [-0.3, -0.25) is 4.79 Å². The quantitative estimate of drug-likeness (QED) is 0.433. The number of hydrogen-bond donors (Lipinski definition) is 0. The molecule has 0 unspecified atom stereocenters. The normalized spacial score (nSPS) is 18.9. The van der Waals surface area contributed by atoms with Gasteiger partial charge in [-0.2, -0.15) is 0 Å². The van der Waals surface area contributed by atoms with Crippen molar-refractivity contribution >= 4 is 5.91 Å². The van der Waals surface area contributed by atoms with Crippen molar-refractivity contribution in [3.63, 3.8) is 0 Å². The van der Waals surface area contributed by atoms with E-state index in [1.807, 2.05) is 0 Å². The summed E-state index contributed by atoms with van der Waals surface area (Å²) >= 11 is 0. The molecule has 0 spiro atoms. The van der Waals surface area contributed by atoms with Crippen LogP contribution >= 0.6 is 0 Å². The zero-order chi connectivity index (χ0) is 5.28. The van der Waals surface area contributed by atoms with Gasteiger partial charge in [-0.1, -0.05) is 6.58 Å². The highest BCUT2D eigenvalue weighted by atomic mass is 16.2. The van der Waals surface area contributed by atoms with Gasteiger partial charge >= 0.3 is 0 Å². The number of carbonyl (C=O) groups is 1. The van der Waals surface area contributed by atoms with Gasteiger partial charge in [0.15, 0.2) is 0 Å². The van der Waals surface area contributed by atoms with E-state index in [-0.39, 0.29) is 5.91 Å². The van der Waals surface area contributed by atoms with Crippen LogP contribution in [0.25, 0.3) is 0 Å². The van der Waals surface area contributed by atoms with Crippen molar-refractivity contribution in [2.24, 2.45) is 0 Å². The van der Waals surface area contributed by atoms with Crippen molar-refractivity contribution in [2.45, 2.75) is 6.42 Å². The van der Waals surface area contributed by atoms with Crippen molar-refractivity contribution in [1.82, 2.24) is 4.90 Å². The van der Waals surface area contributed by atoms with E-state index in [1.54, 1.807) is 11.1 Å². The third kappa shape index (κ3) is 0.515. The standard InChI is InChI=1S/C5H7NO/c1-2-6-4-3-5(6)7/h2H,1,3-4H2. The van der Waals surface area contributed by atoms with E-state index >= 15 is 0 Å². The summed E-state index contributed by atoms with van der Waals surface area (Å²) in [6.07, 6.45) is 2.26. The van der Waals surface area contributed by atoms with Crippen LogP contribution in [0.5, 0.6) is 0 Å². The molecule has 1 amide bonds. The van der Waals surface area contributed by atoms with Gasteiger partial charge in [-0.05, 0) is 6.20 Å². The minimum Gasteiger partial charge on any atom is -0.319 e. The first-order chi connectivity index (χ1) is 3.34. The minimum atomic E-state index is 0.190. The minimum absolute atomic E-state index is 0.190. The molecule has 1 heterocycles. The Labute approximate surface area is 42.4 Å². The Hall–Kier alpha value is -0.790. The van der Waals surface area contributed by atoms with E-state index in [0.29, 0.717) is 6.42 Å². The Kier molecular flexibility index (Phi) is 0.855. The molecule has 1 fully saturated rings. The number of β-lactam (4-membered cyclic amide) rings is 1. The number of likely N-dealkylation sites (tertiary alicyclic amines) is 1. The predicted molar refractivity (Wildman–Crippen MR) is 26.5 cm³/mol. The summed E-state index contributed by atoms with van der Waals surface area (Å²) in [4.78, 5) is 11.9. The Morgan fingerprint density at radius 1 is 1.86 bits per heavy atom. The number of hydrogen-bond acceptors (Lipinski definition) is 1. The fourth-order valence-corrected chi connectivity index (χ4v) is 0.525. The maximum Gasteiger partial charge on any atom is 0.228 e. The average Bonchev–Trinajstić information content (AvgIpc) is 1.65. The van der Waals surface area contributed by atoms with Gasteiger partial charge < -0.3 is 4.90 Å². The highest BCUT2D eigenvalue weighted by Crippen LogP contribution is 2.06. The van der Waals surface area contributed by atoms with Gasteiger partial charge in [0.2, 0.25) is 5.91 Å². The van der Waals surface area contributed by atoms with E-state index in [4.69, 9.17) is 0 Å². The molecule has 0 aromatic heterocycles. The van der Waals surface area contributed by atoms with Crippen LogP contribution in [0.4, 0.5) is 0 Å². The second-order valence-electron chi connectivity index (χ2n) is 1.52. The molecule has 38 valence electrons. The lowest BCUT2D eigenvalue weighted by atomic mass is 10.2. The van der Waals surface area contributed by atoms with Crippen LogP contribution in [0.1, 0.15) is 6.42 Å². The van der Waals surface area contributed by atoms with Crippen LogP contribution in [-0.2, 0) is 4.79 Å². The smallest absolute Gasteiger partial charge is 0.228 e. The summed E-state index contributed by atoms with van der Waals surface area (Å²) < 4.78 is 0. The van der Waals surface area contributed by atoms with Crippen molar-refractivity contribution in [3.05, 3.63) is 12.8 Å². The molecule has 2 nitrogen and oxygen atoms in total. The maximum absolute atomic E-state index is 10.3. The van der Waals surface area contributed by atoms with Crippen LogP contribution in [0, 0.1) is 0 Å². The van der Waals surface area contributed by atoms with Crippen molar-refractivity contribution in [2.75, 3.05) is 6.54 Å². The molecule has 2 heteroatoms. The molecule has 0 aromatic carbocycles. The summed E-state index contributed by atoms with van der Waals surface area (Å²) in [6.45, 7) is 4.30. The molecule has 0 radical (unpaired) electrons. The zero-order valence-corrected chi connectivity index (χ0v) is 4.05. The van der Waals surface area contributed by atoms with Crippen molar-refractivity contribution in [3.8, 4) is 0 Å². The van der Waals surface area contributed by atoms with Gasteiger partial charge in [0, 0.05) is 13.0 Å². The van der Waals surface area contributed by atoms with E-state index in [1.165, 1.54) is 0 Å². The van der Waals surface area contributed by atoms with Crippen LogP contribution in [-0.4, -0.2) is 17.4 Å². The average molecular weight is 97.1 g/mol. The molecule has 1 rings (SSSR count). The van der Waals surface area contributed by atoms with Gasteiger partial charge in [0.05, 0.1) is 0 Å². The molecule has 1 aliphatic rings. The molecular weight excluding hydrogens is 90.1 g/mol. The highest BCUT2D eigenvalue weighted by Gasteiger charge is 2.19. The van der Waals surface area contributed by atoms with E-state index in [2.05, 4.69) is 6.58 Å². The highest BCUT2D eigenvalue weighted by molar-refractivity contribution is 5.82. The number of rotatable bonds is 1. The number of amides is 1. The first kappa shape index (κ1) is 4.37. The molecule has 0 aliphatic carbocycles. The SMILES string of the molecule is C=CN1CCC1=O. The summed E-state index contributed by atoms with van der Waals surface area (Å²) in [5, 5.41) is 0. The summed E-state index contributed by atoms with van der Waals surface area (Å²) in [6, 6.07) is 0. The maximum atomic E-state index is 10.3. The lowest BCUT2D eigenvalue weighted by molar-refractivity contribution is -0.135. The molecule has 0 bridgehead atoms. The zero-order valence-electron chi connectivity index (χ0n) is 4.05. The van der Waals surface area contributed by atoms with Gasteiger partial charge in [0.25, 0.3) is 0 Å². The molecule has 0 atom stereocenters. The molecule has 0 aromatic rings. The van der Waals surface area contributed by atoms with Crippen molar-refractivity contribution < 1.29 is 4.79 Å². The monoisotopic (exact) mass is 97.1 g/mol. The Morgan fingerprint density at radius 3 is 2.57 bits per heavy atom. The lowest BCUT2D eigenvalue weighted by Gasteiger charge is -2.25. The third-order valence-electron chi connectivity index (χ3n) is 1.11. The first-order valence-corrected chi connectivity index (χ1v) is 2.26. The lowest BCUT2D eigenvalue weighted by Crippen LogP contribution is -2.38. The second kappa shape index (κ2) is 1.37. The largest absolute Gasteiger partial charge is 0.319 e. The summed E-state index contributed by atoms with van der Waals surface area (Å²) in [7, 11) is 0. The summed E-state index contributed by atoms with van der Waals surface area (Å²) in [5.41, 5.74) is 0. The van der Waals surface area contributed by atoms with Gasteiger partial charge in [-0.15, -0.1) is 0 Å². The fourth-order valence-electron chi connectivity index (χ4n) is 0.525. The van der Waals surface area contributed by atoms with Crippen molar-refractivity contribution in [1.29, 1.82) is 0 Å². The molecule has 0 N–H and O–H groups in total. The van der Waals surface area contributed by atoms with Gasteiger partial charge in [0.1, 0.15) is 0 Å². The first-order valence-electron chi connectivity index (χ1n) is 2.26. The Bertz CT molecular complexity index is 109. The van der Waals surface area contributed by atoms with E-state index in [9.17, 15) is 4.79 Å². The molecule has 1 aliphatic heterocycles. The summed E-state index contributed by atoms with van der Waals surface area (Å²) in [5.74, 6) is 0.190. The molecule has 0 saturated carbocycles. The number of nitrogens with zero attached hydrogens (tertiary/aromatic N) is 1. The van der Waals surface area contributed by atoms with Crippen LogP contribution < -0.4 is 0 Å². The fraction of sp³-hybridized carbons (Fsp3) is 0.400. The van der Waals surface area contributed by atoms with E-state index < -0.39 is 0 Å². The Morgan fingerprint density at radius 2 is 2.57 bits per heavy atom. The Balaban J connectivity index is 2.43. The van der Waals surface area contributed by atoms with Crippen LogP contribution in [0.15, 0.2) is 12.8 Å². The van der Waals surface area contributed by atoms with E-state index in [0.717, 1.165) is 6.54 Å². The predicted octanol–water partition coefficient (Wildman–Crippen LogP) is 0.362. The molecule has 7 heavy (non-hydrogen) atoms. The third-order valence-corrected chi connectivity index (χ3v) is 1.11. The molecular formula is C5H7NO. The molecule has 1 saturated heterocycles. The number of carbonyl (C=O) groups excluding carboxylic acids is 1. The topological polar surface area (TPSA) is 20.3 Å². The van der Waals surface area contributed by atoms with Crippen LogP contribution in [0.3, 0.4) is 0 Å². The van der Waals surface area contributed by atoms with Crippen LogP contribution in [0.2, 0.25) is 0 Å². The van der Waals surface area contributed by atoms with Gasteiger partial charge in [-0.25, -0.2) is 0 Å².